The molecule has 0 amide bonds. The van der Waals surface area contributed by atoms with Gasteiger partial charge in [-0.25, -0.2) is 0 Å². The number of hydrogen-bond acceptors (Lipinski definition) is 5. The molecule has 0 saturated carbocycles. The van der Waals surface area contributed by atoms with Crippen molar-refractivity contribution in [3.8, 4) is 0 Å². The summed E-state index contributed by atoms with van der Waals surface area (Å²) in [5, 5.41) is 0. The lowest BCUT2D eigenvalue weighted by Gasteiger charge is -2.30. The summed E-state index contributed by atoms with van der Waals surface area (Å²) in [4.78, 5) is 0. The molecule has 0 heterocycles. The van der Waals surface area contributed by atoms with E-state index in [0.717, 1.165) is 0 Å². The van der Waals surface area contributed by atoms with Gasteiger partial charge in [-0.1, -0.05) is 0 Å². The standard InChI is InChI=1S/C7H18N2O3/c1-4-10-7(9-8,11-5-2)12-6-3/h9H,4-6,8H2,1-3H3. The van der Waals surface area contributed by atoms with Crippen molar-refractivity contribution in [2.75, 3.05) is 19.8 Å². The van der Waals surface area contributed by atoms with E-state index >= 15 is 0 Å². The molecule has 0 atom stereocenters. The van der Waals surface area contributed by atoms with E-state index in [-0.39, 0.29) is 0 Å². The molecular formula is C7H18N2O3. The van der Waals surface area contributed by atoms with Crippen LogP contribution in [0.3, 0.4) is 0 Å². The fourth-order valence-electron chi connectivity index (χ4n) is 0.820. The van der Waals surface area contributed by atoms with Crippen molar-refractivity contribution in [1.29, 1.82) is 0 Å². The van der Waals surface area contributed by atoms with E-state index in [0.29, 0.717) is 19.8 Å². The van der Waals surface area contributed by atoms with Crippen molar-refractivity contribution in [2.24, 2.45) is 5.84 Å². The van der Waals surface area contributed by atoms with Crippen molar-refractivity contribution >= 4 is 0 Å². The number of nitrogens with two attached hydrogens (primary N) is 1. The number of ether oxygens (including phenoxy) is 3. The minimum absolute atomic E-state index is 0.462. The van der Waals surface area contributed by atoms with Crippen LogP contribution in [0, 0.1) is 0 Å². The van der Waals surface area contributed by atoms with Crippen LogP contribution >= 0.6 is 0 Å². The number of rotatable bonds is 7. The van der Waals surface area contributed by atoms with Gasteiger partial charge in [0.15, 0.2) is 0 Å². The maximum absolute atomic E-state index is 5.24. The highest BCUT2D eigenvalue weighted by Gasteiger charge is 2.30. The molecule has 12 heavy (non-hydrogen) atoms. The highest BCUT2D eigenvalue weighted by atomic mass is 16.9. The zero-order valence-electron chi connectivity index (χ0n) is 7.92. The molecule has 5 heteroatoms. The van der Waals surface area contributed by atoms with Gasteiger partial charge in [0.2, 0.25) is 0 Å². The molecule has 0 aliphatic carbocycles. The van der Waals surface area contributed by atoms with Crippen molar-refractivity contribution in [3.05, 3.63) is 0 Å². The van der Waals surface area contributed by atoms with E-state index in [4.69, 9.17) is 20.1 Å². The first kappa shape index (κ1) is 11.8. The molecular weight excluding hydrogens is 160 g/mol. The normalized spacial score (nSPS) is 12.0. The zero-order chi connectivity index (χ0) is 9.45. The fraction of sp³-hybridized carbons (Fsp3) is 1.00. The summed E-state index contributed by atoms with van der Waals surface area (Å²) >= 11 is 0. The van der Waals surface area contributed by atoms with Gasteiger partial charge in [-0.3, -0.25) is 5.84 Å². The molecule has 0 bridgehead atoms. The molecule has 0 aromatic heterocycles. The van der Waals surface area contributed by atoms with Crippen molar-refractivity contribution in [2.45, 2.75) is 26.9 Å². The van der Waals surface area contributed by atoms with Crippen LogP contribution in [-0.2, 0) is 14.2 Å². The Balaban J connectivity index is 4.06. The van der Waals surface area contributed by atoms with E-state index in [1.165, 1.54) is 0 Å². The Morgan fingerprint density at radius 1 is 1.00 bits per heavy atom. The second-order valence-corrected chi connectivity index (χ2v) is 2.00. The van der Waals surface area contributed by atoms with Gasteiger partial charge in [-0.2, -0.15) is 5.43 Å². The molecule has 0 fully saturated rings. The van der Waals surface area contributed by atoms with Crippen molar-refractivity contribution < 1.29 is 14.2 Å². The van der Waals surface area contributed by atoms with Gasteiger partial charge in [-0.15, -0.1) is 0 Å². The van der Waals surface area contributed by atoms with Crippen LogP contribution in [0.1, 0.15) is 20.8 Å². The average Bonchev–Trinajstić information content (AvgIpc) is 2.06. The van der Waals surface area contributed by atoms with Crippen LogP contribution in [0.5, 0.6) is 0 Å². The predicted octanol–water partition coefficient (Wildman–Crippen LogP) is 0.171. The second-order valence-electron chi connectivity index (χ2n) is 2.00. The van der Waals surface area contributed by atoms with Gasteiger partial charge in [0.05, 0.1) is 19.8 Å². The zero-order valence-corrected chi connectivity index (χ0v) is 7.92. The van der Waals surface area contributed by atoms with Gasteiger partial charge in [0.25, 0.3) is 0 Å². The van der Waals surface area contributed by atoms with Crippen molar-refractivity contribution in [3.63, 3.8) is 0 Å². The van der Waals surface area contributed by atoms with Gasteiger partial charge in [0, 0.05) is 0 Å². The Morgan fingerprint density at radius 3 is 1.50 bits per heavy atom. The molecule has 0 unspecified atom stereocenters. The van der Waals surface area contributed by atoms with Gasteiger partial charge in [0.1, 0.15) is 0 Å². The first-order chi connectivity index (χ1) is 5.74. The van der Waals surface area contributed by atoms with Crippen LogP contribution in [0.15, 0.2) is 0 Å². The minimum Gasteiger partial charge on any atom is -0.314 e. The maximum atomic E-state index is 5.24. The number of hydrogen-bond donors (Lipinski definition) is 2. The summed E-state index contributed by atoms with van der Waals surface area (Å²) in [7, 11) is 0. The molecule has 0 saturated heterocycles. The monoisotopic (exact) mass is 178 g/mol. The largest absolute Gasteiger partial charge is 0.363 e. The minimum atomic E-state index is -1.28. The van der Waals surface area contributed by atoms with Crippen LogP contribution in [0.4, 0.5) is 0 Å². The lowest BCUT2D eigenvalue weighted by atomic mass is 10.7. The first-order valence-corrected chi connectivity index (χ1v) is 4.14. The summed E-state index contributed by atoms with van der Waals surface area (Å²) in [5.41, 5.74) is 2.35. The maximum Gasteiger partial charge on any atom is 0.363 e. The van der Waals surface area contributed by atoms with Crippen LogP contribution in [0.25, 0.3) is 0 Å². The number of hydrazine groups is 1. The lowest BCUT2D eigenvalue weighted by Crippen LogP contribution is -2.55. The summed E-state index contributed by atoms with van der Waals surface area (Å²) in [6.07, 6.45) is -1.28. The van der Waals surface area contributed by atoms with Crippen LogP contribution in [-0.4, -0.2) is 25.9 Å². The highest BCUT2D eigenvalue weighted by Crippen LogP contribution is 2.09. The SMILES string of the molecule is CCOC(NN)(OCC)OCC. The second kappa shape index (κ2) is 6.33. The Hall–Kier alpha value is -0.200. The molecule has 0 aliphatic rings. The summed E-state index contributed by atoms with van der Waals surface area (Å²) in [6.45, 7) is 6.90. The quantitative estimate of drug-likeness (QED) is 0.330. The van der Waals surface area contributed by atoms with E-state index < -0.39 is 6.10 Å². The van der Waals surface area contributed by atoms with E-state index in [9.17, 15) is 0 Å². The van der Waals surface area contributed by atoms with Crippen molar-refractivity contribution in [1.82, 2.24) is 5.43 Å². The van der Waals surface area contributed by atoms with E-state index in [2.05, 4.69) is 5.43 Å². The van der Waals surface area contributed by atoms with E-state index in [1.54, 1.807) is 0 Å². The Bertz CT molecular complexity index is 93.8. The van der Waals surface area contributed by atoms with Crippen LogP contribution in [0.2, 0.25) is 0 Å². The predicted molar refractivity (Wildman–Crippen MR) is 44.9 cm³/mol. The third-order valence-electron chi connectivity index (χ3n) is 1.18. The Kier molecular flexibility index (Phi) is 6.23. The molecule has 3 N–H and O–H groups in total. The third kappa shape index (κ3) is 3.46. The molecule has 0 aliphatic heterocycles. The average molecular weight is 178 g/mol. The third-order valence-corrected chi connectivity index (χ3v) is 1.18. The van der Waals surface area contributed by atoms with Gasteiger partial charge < -0.3 is 14.2 Å². The molecule has 0 aromatic rings. The summed E-state index contributed by atoms with van der Waals surface area (Å²) in [5.74, 6) is 5.24. The van der Waals surface area contributed by atoms with Gasteiger partial charge >= 0.3 is 6.10 Å². The molecule has 0 aromatic carbocycles. The summed E-state index contributed by atoms with van der Waals surface area (Å²) < 4.78 is 15.5. The van der Waals surface area contributed by atoms with Gasteiger partial charge in [-0.05, 0) is 20.8 Å². The lowest BCUT2D eigenvalue weighted by molar-refractivity contribution is -0.394. The van der Waals surface area contributed by atoms with Crippen LogP contribution < -0.4 is 11.3 Å². The Labute approximate surface area is 73.1 Å². The van der Waals surface area contributed by atoms with E-state index in [1.807, 2.05) is 20.8 Å². The number of nitrogens with one attached hydrogen (secondary N) is 1. The fourth-order valence-corrected chi connectivity index (χ4v) is 0.820. The molecule has 0 rings (SSSR count). The molecule has 74 valence electrons. The molecule has 0 spiro atoms. The smallest absolute Gasteiger partial charge is 0.314 e. The summed E-state index contributed by atoms with van der Waals surface area (Å²) in [6, 6.07) is 0. The highest BCUT2D eigenvalue weighted by molar-refractivity contribution is 4.47. The topological polar surface area (TPSA) is 65.7 Å². The Morgan fingerprint density at radius 2 is 1.33 bits per heavy atom. The molecule has 5 nitrogen and oxygen atoms in total. The first-order valence-electron chi connectivity index (χ1n) is 4.14. The molecule has 0 radical (unpaired) electrons.